The summed E-state index contributed by atoms with van der Waals surface area (Å²) in [4.78, 5) is 23.9. The normalized spacial score (nSPS) is 27.2. The van der Waals surface area contributed by atoms with Crippen LogP contribution in [0.25, 0.3) is 0 Å². The molecule has 1 rings (SSSR count). The van der Waals surface area contributed by atoms with E-state index in [0.717, 1.165) is 0 Å². The monoisotopic (exact) mass is 240 g/mol. The molecule has 17 heavy (non-hydrogen) atoms. The highest BCUT2D eigenvalue weighted by molar-refractivity contribution is 6.04. The van der Waals surface area contributed by atoms with Gasteiger partial charge in [0.2, 0.25) is 0 Å². The molecule has 0 bridgehead atoms. The van der Waals surface area contributed by atoms with Crippen molar-refractivity contribution in [3.8, 4) is 0 Å². The summed E-state index contributed by atoms with van der Waals surface area (Å²) < 4.78 is 10.2. The number of esters is 2. The fourth-order valence-corrected chi connectivity index (χ4v) is 1.75. The molecule has 0 aromatic heterocycles. The van der Waals surface area contributed by atoms with Gasteiger partial charge < -0.3 is 9.47 Å². The molecule has 0 aromatic carbocycles. The van der Waals surface area contributed by atoms with Crippen molar-refractivity contribution in [2.75, 3.05) is 6.61 Å². The molecule has 2 atom stereocenters. The average molecular weight is 240 g/mol. The lowest BCUT2D eigenvalue weighted by Crippen LogP contribution is -2.36. The third kappa shape index (κ3) is 2.68. The molecule has 0 heterocycles. The molecule has 4 nitrogen and oxygen atoms in total. The molecule has 1 saturated carbocycles. The maximum atomic E-state index is 12.1. The largest absolute Gasteiger partial charge is 0.465 e. The number of carbonyl (C=O) groups excluding carboxylic acids is 2. The third-order valence-corrected chi connectivity index (χ3v) is 2.70. The molecule has 1 aliphatic rings. The first-order valence-electron chi connectivity index (χ1n) is 5.81. The molecule has 0 radical (unpaired) electrons. The van der Waals surface area contributed by atoms with Gasteiger partial charge in [-0.2, -0.15) is 0 Å². The maximum Gasteiger partial charge on any atom is 0.324 e. The Bertz CT molecular complexity index is 340. The number of allylic oxidation sites excluding steroid dienone is 1. The Kier molecular flexibility index (Phi) is 3.65. The van der Waals surface area contributed by atoms with E-state index in [-0.39, 0.29) is 12.5 Å². The highest BCUT2D eigenvalue weighted by Crippen LogP contribution is 2.55. The van der Waals surface area contributed by atoms with E-state index in [9.17, 15) is 9.59 Å². The van der Waals surface area contributed by atoms with Crippen molar-refractivity contribution < 1.29 is 19.1 Å². The van der Waals surface area contributed by atoms with Gasteiger partial charge in [0.25, 0.3) is 0 Å². The minimum Gasteiger partial charge on any atom is -0.465 e. The predicted molar refractivity (Wildman–Crippen MR) is 63.2 cm³/mol. The minimum absolute atomic E-state index is 0.170. The van der Waals surface area contributed by atoms with Crippen LogP contribution in [-0.4, -0.2) is 24.1 Å². The van der Waals surface area contributed by atoms with Crippen LogP contribution in [0.3, 0.4) is 0 Å². The molecular weight excluding hydrogens is 220 g/mol. The van der Waals surface area contributed by atoms with Crippen molar-refractivity contribution in [3.05, 3.63) is 12.7 Å². The first-order chi connectivity index (χ1) is 7.78. The lowest BCUT2D eigenvalue weighted by atomic mass is 10.0. The fourth-order valence-electron chi connectivity index (χ4n) is 1.75. The molecule has 1 aliphatic carbocycles. The van der Waals surface area contributed by atoms with Gasteiger partial charge in [-0.15, -0.1) is 6.58 Å². The van der Waals surface area contributed by atoms with Gasteiger partial charge in [-0.3, -0.25) is 9.59 Å². The van der Waals surface area contributed by atoms with Gasteiger partial charge in [0.1, 0.15) is 5.60 Å². The second-order valence-electron chi connectivity index (χ2n) is 5.24. The fraction of sp³-hybridized carbons (Fsp3) is 0.692. The van der Waals surface area contributed by atoms with E-state index in [2.05, 4.69) is 6.58 Å². The maximum absolute atomic E-state index is 12.1. The molecule has 0 aliphatic heterocycles. The van der Waals surface area contributed by atoms with Gasteiger partial charge in [-0.25, -0.2) is 0 Å². The molecule has 1 fully saturated rings. The van der Waals surface area contributed by atoms with Crippen LogP contribution in [0.5, 0.6) is 0 Å². The van der Waals surface area contributed by atoms with Gasteiger partial charge in [0.15, 0.2) is 5.41 Å². The Morgan fingerprint density at radius 2 is 2.00 bits per heavy atom. The first kappa shape index (κ1) is 13.7. The van der Waals surface area contributed by atoms with Gasteiger partial charge in [0.05, 0.1) is 6.61 Å². The second kappa shape index (κ2) is 4.51. The summed E-state index contributed by atoms with van der Waals surface area (Å²) in [5.74, 6) is -1.18. The topological polar surface area (TPSA) is 52.6 Å². The van der Waals surface area contributed by atoms with E-state index in [1.54, 1.807) is 33.8 Å². The molecule has 2 unspecified atom stereocenters. The zero-order chi connectivity index (χ0) is 13.3. The highest BCUT2D eigenvalue weighted by Gasteiger charge is 2.67. The summed E-state index contributed by atoms with van der Waals surface area (Å²) in [5, 5.41) is 0. The van der Waals surface area contributed by atoms with Crippen LogP contribution in [0.15, 0.2) is 12.7 Å². The van der Waals surface area contributed by atoms with E-state index in [1.807, 2.05) is 0 Å². The highest BCUT2D eigenvalue weighted by atomic mass is 16.6. The van der Waals surface area contributed by atoms with Crippen molar-refractivity contribution in [2.24, 2.45) is 11.3 Å². The number of hydrogen-bond donors (Lipinski definition) is 0. The molecule has 0 amide bonds. The Hall–Kier alpha value is -1.32. The first-order valence-corrected chi connectivity index (χ1v) is 5.81. The molecule has 4 heteroatoms. The van der Waals surface area contributed by atoms with Gasteiger partial charge in [-0.05, 0) is 34.1 Å². The van der Waals surface area contributed by atoms with E-state index in [0.29, 0.717) is 6.42 Å². The number of ether oxygens (including phenoxy) is 2. The van der Waals surface area contributed by atoms with E-state index in [1.165, 1.54) is 0 Å². The van der Waals surface area contributed by atoms with Gasteiger partial charge >= 0.3 is 11.9 Å². The van der Waals surface area contributed by atoms with Crippen LogP contribution in [0.4, 0.5) is 0 Å². The number of rotatable bonds is 4. The summed E-state index contributed by atoms with van der Waals surface area (Å²) in [5.41, 5.74) is -1.75. The second-order valence-corrected chi connectivity index (χ2v) is 5.24. The third-order valence-electron chi connectivity index (χ3n) is 2.70. The molecular formula is C13H20O4. The van der Waals surface area contributed by atoms with Crippen LogP contribution in [0.1, 0.15) is 34.1 Å². The van der Waals surface area contributed by atoms with Crippen LogP contribution >= 0.6 is 0 Å². The van der Waals surface area contributed by atoms with Crippen molar-refractivity contribution in [1.29, 1.82) is 0 Å². The molecule has 0 spiro atoms. The average Bonchev–Trinajstić information content (AvgIpc) is 2.90. The Morgan fingerprint density at radius 3 is 2.35 bits per heavy atom. The smallest absolute Gasteiger partial charge is 0.324 e. The van der Waals surface area contributed by atoms with E-state index in [4.69, 9.17) is 9.47 Å². The predicted octanol–water partition coefficient (Wildman–Crippen LogP) is 2.08. The zero-order valence-corrected chi connectivity index (χ0v) is 10.9. The molecule has 0 N–H and O–H groups in total. The van der Waals surface area contributed by atoms with Crippen LogP contribution in [-0.2, 0) is 19.1 Å². The van der Waals surface area contributed by atoms with Crippen LogP contribution in [0, 0.1) is 11.3 Å². The van der Waals surface area contributed by atoms with Crippen molar-refractivity contribution in [2.45, 2.75) is 39.7 Å². The molecule has 96 valence electrons. The van der Waals surface area contributed by atoms with E-state index < -0.39 is 23.0 Å². The van der Waals surface area contributed by atoms with Gasteiger partial charge in [-0.1, -0.05) is 6.08 Å². The van der Waals surface area contributed by atoms with Crippen molar-refractivity contribution in [1.82, 2.24) is 0 Å². The minimum atomic E-state index is -1.15. The Balaban J connectivity index is 2.84. The lowest BCUT2D eigenvalue weighted by molar-refractivity contribution is -0.172. The molecule has 0 saturated heterocycles. The van der Waals surface area contributed by atoms with Crippen LogP contribution < -0.4 is 0 Å². The SMILES string of the molecule is C=CC1CC1(C(=O)OCC)C(=O)OC(C)(C)C. The summed E-state index contributed by atoms with van der Waals surface area (Å²) >= 11 is 0. The number of hydrogen-bond acceptors (Lipinski definition) is 4. The van der Waals surface area contributed by atoms with Crippen molar-refractivity contribution >= 4 is 11.9 Å². The Morgan fingerprint density at radius 1 is 1.41 bits per heavy atom. The van der Waals surface area contributed by atoms with Crippen molar-refractivity contribution in [3.63, 3.8) is 0 Å². The molecule has 0 aromatic rings. The standard InChI is InChI=1S/C13H20O4/c1-6-9-8-13(9,10(14)16-7-2)11(15)17-12(3,4)5/h6,9H,1,7-8H2,2-5H3. The van der Waals surface area contributed by atoms with Crippen LogP contribution in [0.2, 0.25) is 0 Å². The summed E-state index contributed by atoms with van der Waals surface area (Å²) in [7, 11) is 0. The summed E-state index contributed by atoms with van der Waals surface area (Å²) in [6.07, 6.45) is 2.05. The van der Waals surface area contributed by atoms with E-state index >= 15 is 0 Å². The zero-order valence-electron chi connectivity index (χ0n) is 10.9. The Labute approximate surface area is 102 Å². The quantitative estimate of drug-likeness (QED) is 0.429. The summed E-state index contributed by atoms with van der Waals surface area (Å²) in [6, 6.07) is 0. The number of carbonyl (C=O) groups is 2. The summed E-state index contributed by atoms with van der Waals surface area (Å²) in [6.45, 7) is 10.9. The van der Waals surface area contributed by atoms with Gasteiger partial charge in [0, 0.05) is 5.92 Å². The lowest BCUT2D eigenvalue weighted by Gasteiger charge is -2.23.